The summed E-state index contributed by atoms with van der Waals surface area (Å²) in [5.41, 5.74) is 7.72. The zero-order valence-corrected chi connectivity index (χ0v) is 15.0. The van der Waals surface area contributed by atoms with Crippen molar-refractivity contribution >= 4 is 17.1 Å². The van der Waals surface area contributed by atoms with Crippen LogP contribution in [0, 0.1) is 6.92 Å². The number of nitrogens with one attached hydrogen (secondary N) is 1. The van der Waals surface area contributed by atoms with Crippen LogP contribution in [0.3, 0.4) is 0 Å². The van der Waals surface area contributed by atoms with Crippen LogP contribution >= 0.6 is 0 Å². The number of nitrogens with zero attached hydrogens (tertiary/aromatic N) is 2. The van der Waals surface area contributed by atoms with Crippen LogP contribution in [0.4, 0.5) is 0 Å². The van der Waals surface area contributed by atoms with E-state index < -0.39 is 0 Å². The van der Waals surface area contributed by atoms with E-state index in [0.717, 1.165) is 22.6 Å². The van der Waals surface area contributed by atoms with Gasteiger partial charge in [0.15, 0.2) is 11.5 Å². The maximum atomic E-state index is 5.33. The molecule has 1 heterocycles. The quantitative estimate of drug-likeness (QED) is 0.552. The molecule has 0 saturated heterocycles. The zero-order valence-electron chi connectivity index (χ0n) is 15.0. The second-order valence-electron chi connectivity index (χ2n) is 5.86. The highest BCUT2D eigenvalue weighted by Crippen LogP contribution is 2.27. The molecule has 0 amide bonds. The molecule has 0 radical (unpaired) electrons. The average molecular weight is 337 g/mol. The van der Waals surface area contributed by atoms with E-state index >= 15 is 0 Å². The number of methoxy groups -OCH3 is 2. The number of para-hydroxylation sites is 1. The molecule has 0 unspecified atom stereocenters. The molecule has 0 saturated carbocycles. The molecule has 3 rings (SSSR count). The molecule has 0 aliphatic rings. The van der Waals surface area contributed by atoms with Gasteiger partial charge in [0.05, 0.1) is 27.0 Å². The Morgan fingerprint density at radius 1 is 1.08 bits per heavy atom. The van der Waals surface area contributed by atoms with E-state index in [1.807, 2.05) is 24.4 Å². The fourth-order valence-electron chi connectivity index (χ4n) is 2.95. The summed E-state index contributed by atoms with van der Waals surface area (Å²) in [6.07, 6.45) is 1.89. The third-order valence-corrected chi connectivity index (χ3v) is 4.46. The first-order valence-corrected chi connectivity index (χ1v) is 8.16. The maximum Gasteiger partial charge on any atom is 0.161 e. The Kier molecular flexibility index (Phi) is 4.93. The largest absolute Gasteiger partial charge is 0.493 e. The summed E-state index contributed by atoms with van der Waals surface area (Å²) in [5, 5.41) is 5.61. The van der Waals surface area contributed by atoms with Gasteiger partial charge in [-0.25, -0.2) is 0 Å². The van der Waals surface area contributed by atoms with Crippen LogP contribution in [0.25, 0.3) is 10.9 Å². The Bertz CT molecular complexity index is 913. The molecule has 3 aromatic rings. The Balaban J connectivity index is 1.74. The maximum absolute atomic E-state index is 5.33. The minimum Gasteiger partial charge on any atom is -0.493 e. The van der Waals surface area contributed by atoms with Gasteiger partial charge in [-0.3, -0.25) is 0 Å². The Morgan fingerprint density at radius 3 is 2.60 bits per heavy atom. The van der Waals surface area contributed by atoms with E-state index in [0.29, 0.717) is 6.54 Å². The third-order valence-electron chi connectivity index (χ3n) is 4.46. The summed E-state index contributed by atoms with van der Waals surface area (Å²) >= 11 is 0. The molecule has 0 atom stereocenters. The number of hydrazone groups is 1. The highest BCUT2D eigenvalue weighted by molar-refractivity contribution is 6.01. The lowest BCUT2D eigenvalue weighted by molar-refractivity contribution is 0.354. The van der Waals surface area contributed by atoms with Crippen LogP contribution in [0.1, 0.15) is 16.8 Å². The van der Waals surface area contributed by atoms with E-state index in [-0.39, 0.29) is 0 Å². The molecule has 0 bridgehead atoms. The van der Waals surface area contributed by atoms with Crippen molar-refractivity contribution in [2.45, 2.75) is 13.5 Å². The molecule has 0 aliphatic carbocycles. The fraction of sp³-hybridized carbons (Fsp3) is 0.250. The van der Waals surface area contributed by atoms with Crippen molar-refractivity contribution in [1.29, 1.82) is 0 Å². The van der Waals surface area contributed by atoms with Crippen molar-refractivity contribution < 1.29 is 9.47 Å². The summed E-state index contributed by atoms with van der Waals surface area (Å²) in [7, 11) is 5.34. The predicted octanol–water partition coefficient (Wildman–Crippen LogP) is 3.63. The summed E-state index contributed by atoms with van der Waals surface area (Å²) < 4.78 is 12.8. The summed E-state index contributed by atoms with van der Waals surface area (Å²) in [6, 6.07) is 14.2. The highest BCUT2D eigenvalue weighted by atomic mass is 16.5. The van der Waals surface area contributed by atoms with Gasteiger partial charge in [-0.15, -0.1) is 0 Å². The predicted molar refractivity (Wildman–Crippen MR) is 102 cm³/mol. The average Bonchev–Trinajstić information content (AvgIpc) is 2.90. The Morgan fingerprint density at radius 2 is 1.84 bits per heavy atom. The number of aromatic nitrogens is 1. The second kappa shape index (κ2) is 7.30. The fourth-order valence-corrected chi connectivity index (χ4v) is 2.95. The van der Waals surface area contributed by atoms with Gasteiger partial charge >= 0.3 is 0 Å². The molecule has 5 nitrogen and oxygen atoms in total. The van der Waals surface area contributed by atoms with E-state index in [1.54, 1.807) is 14.2 Å². The molecule has 1 N–H and O–H groups in total. The molecule has 25 heavy (non-hydrogen) atoms. The van der Waals surface area contributed by atoms with Gasteiger partial charge in [0.1, 0.15) is 0 Å². The lowest BCUT2D eigenvalue weighted by Gasteiger charge is -2.09. The zero-order chi connectivity index (χ0) is 17.8. The molecule has 0 aliphatic heterocycles. The van der Waals surface area contributed by atoms with Crippen molar-refractivity contribution in [2.75, 3.05) is 14.2 Å². The number of hydrogen-bond donors (Lipinski definition) is 1. The molecule has 0 fully saturated rings. The Hall–Kier alpha value is -2.95. The minimum atomic E-state index is 0.612. The van der Waals surface area contributed by atoms with Crippen molar-refractivity contribution in [2.24, 2.45) is 12.1 Å². The van der Waals surface area contributed by atoms with Gasteiger partial charge in [0.2, 0.25) is 0 Å². The van der Waals surface area contributed by atoms with Gasteiger partial charge in [-0.1, -0.05) is 24.3 Å². The van der Waals surface area contributed by atoms with E-state index in [4.69, 9.17) is 9.47 Å². The van der Waals surface area contributed by atoms with E-state index in [9.17, 15) is 0 Å². The number of ether oxygens (including phenoxy) is 2. The standard InChI is InChI=1S/C20H23N3O2/c1-14-17(16-7-5-6-8-18(16)23(14)2)13-22-21-12-15-9-10-19(24-3)20(11-15)25-4/h5-11,13,21H,12H2,1-4H3/b22-13+. The van der Waals surface area contributed by atoms with E-state index in [1.165, 1.54) is 16.6 Å². The first-order chi connectivity index (χ1) is 12.2. The lowest BCUT2D eigenvalue weighted by Crippen LogP contribution is -2.06. The van der Waals surface area contributed by atoms with Crippen molar-refractivity contribution in [3.05, 3.63) is 59.3 Å². The smallest absolute Gasteiger partial charge is 0.161 e. The van der Waals surface area contributed by atoms with Crippen LogP contribution in [-0.2, 0) is 13.6 Å². The second-order valence-corrected chi connectivity index (χ2v) is 5.86. The summed E-state index contributed by atoms with van der Waals surface area (Å²) in [5.74, 6) is 1.44. The Labute approximate surface area is 147 Å². The van der Waals surface area contributed by atoms with Gasteiger partial charge < -0.3 is 19.5 Å². The topological polar surface area (TPSA) is 47.8 Å². The third kappa shape index (κ3) is 3.31. The molecule has 130 valence electrons. The van der Waals surface area contributed by atoms with Crippen LogP contribution in [0.2, 0.25) is 0 Å². The first kappa shape index (κ1) is 16.9. The first-order valence-electron chi connectivity index (χ1n) is 8.16. The molecule has 1 aromatic heterocycles. The number of rotatable bonds is 6. The van der Waals surface area contributed by atoms with Crippen LogP contribution < -0.4 is 14.9 Å². The van der Waals surface area contributed by atoms with Gasteiger partial charge in [0, 0.05) is 29.2 Å². The molecular formula is C20H23N3O2. The van der Waals surface area contributed by atoms with Crippen LogP contribution in [0.15, 0.2) is 47.6 Å². The van der Waals surface area contributed by atoms with Gasteiger partial charge in [0.25, 0.3) is 0 Å². The van der Waals surface area contributed by atoms with Crippen molar-refractivity contribution in [3.63, 3.8) is 0 Å². The number of fused-ring (bicyclic) bond motifs is 1. The SMILES string of the molecule is COc1ccc(CN/N=C/c2c(C)n(C)c3ccccc23)cc1OC. The van der Waals surface area contributed by atoms with Crippen molar-refractivity contribution in [1.82, 2.24) is 9.99 Å². The van der Waals surface area contributed by atoms with Gasteiger partial charge in [-0.2, -0.15) is 5.10 Å². The van der Waals surface area contributed by atoms with E-state index in [2.05, 4.69) is 53.3 Å². The highest BCUT2D eigenvalue weighted by Gasteiger charge is 2.09. The van der Waals surface area contributed by atoms with Gasteiger partial charge in [-0.05, 0) is 30.7 Å². The van der Waals surface area contributed by atoms with Crippen LogP contribution in [0.5, 0.6) is 11.5 Å². The normalized spacial score (nSPS) is 11.2. The number of benzene rings is 2. The minimum absolute atomic E-state index is 0.612. The van der Waals surface area contributed by atoms with Crippen molar-refractivity contribution in [3.8, 4) is 11.5 Å². The summed E-state index contributed by atoms with van der Waals surface area (Å²) in [4.78, 5) is 0. The number of aryl methyl sites for hydroxylation is 1. The molecule has 2 aromatic carbocycles. The monoisotopic (exact) mass is 337 g/mol. The lowest BCUT2D eigenvalue weighted by atomic mass is 10.1. The summed E-state index contributed by atoms with van der Waals surface area (Å²) in [6.45, 7) is 2.72. The van der Waals surface area contributed by atoms with Crippen LogP contribution in [-0.4, -0.2) is 25.0 Å². The molecule has 5 heteroatoms. The number of hydrogen-bond acceptors (Lipinski definition) is 4. The molecule has 0 spiro atoms. The molecular weight excluding hydrogens is 314 g/mol.